The van der Waals surface area contributed by atoms with Gasteiger partial charge in [-0.1, -0.05) is 6.07 Å². The van der Waals surface area contributed by atoms with Crippen LogP contribution < -0.4 is 4.74 Å². The fourth-order valence-electron chi connectivity index (χ4n) is 4.62. The summed E-state index contributed by atoms with van der Waals surface area (Å²) in [6.45, 7) is 2.21. The molecule has 3 fully saturated rings. The Labute approximate surface area is 194 Å². The van der Waals surface area contributed by atoms with Crippen LogP contribution in [0.1, 0.15) is 41.2 Å². The van der Waals surface area contributed by atoms with Gasteiger partial charge in [-0.25, -0.2) is 13.4 Å². The lowest BCUT2D eigenvalue weighted by Crippen LogP contribution is -2.51. The summed E-state index contributed by atoms with van der Waals surface area (Å²) in [4.78, 5) is 25.0. The SMILES string of the molecule is CN(C)C(=O)c1cccc(S(=O)(=O)N2CCN3C[C@H](Oc4cnc(C5CC5)cn4)C[C@H]3C2)c1. The molecule has 1 aromatic carbocycles. The van der Waals surface area contributed by atoms with E-state index in [0.29, 0.717) is 37.0 Å². The molecule has 1 amide bonds. The van der Waals surface area contributed by atoms with Gasteiger partial charge in [0.1, 0.15) is 6.10 Å². The first kappa shape index (κ1) is 22.2. The Morgan fingerprint density at radius 3 is 2.64 bits per heavy atom. The fraction of sp³-hybridized carbons (Fsp3) is 0.522. The van der Waals surface area contributed by atoms with Gasteiger partial charge in [0.2, 0.25) is 15.9 Å². The van der Waals surface area contributed by atoms with E-state index in [1.807, 2.05) is 0 Å². The van der Waals surface area contributed by atoms with E-state index in [4.69, 9.17) is 4.74 Å². The van der Waals surface area contributed by atoms with Crippen molar-refractivity contribution in [2.24, 2.45) is 0 Å². The molecule has 10 heteroatoms. The van der Waals surface area contributed by atoms with Crippen molar-refractivity contribution in [3.63, 3.8) is 0 Å². The monoisotopic (exact) mass is 471 g/mol. The molecule has 0 radical (unpaired) electrons. The minimum absolute atomic E-state index is 0.0419. The Morgan fingerprint density at radius 2 is 1.94 bits per heavy atom. The Hall–Kier alpha value is -2.56. The Bertz CT molecular complexity index is 1130. The third kappa shape index (κ3) is 4.60. The van der Waals surface area contributed by atoms with Crippen molar-refractivity contribution in [1.29, 1.82) is 0 Å². The molecule has 0 spiro atoms. The largest absolute Gasteiger partial charge is 0.472 e. The van der Waals surface area contributed by atoms with Crippen LogP contribution in [0.15, 0.2) is 41.6 Å². The topological polar surface area (TPSA) is 95.9 Å². The van der Waals surface area contributed by atoms with E-state index in [-0.39, 0.29) is 22.9 Å². The highest BCUT2D eigenvalue weighted by atomic mass is 32.2. The lowest BCUT2D eigenvalue weighted by atomic mass is 10.2. The first-order valence-electron chi connectivity index (χ1n) is 11.4. The third-order valence-corrected chi connectivity index (χ3v) is 8.46. The number of fused-ring (bicyclic) bond motifs is 1. The Balaban J connectivity index is 1.24. The number of carbonyl (C=O) groups is 1. The highest BCUT2D eigenvalue weighted by Crippen LogP contribution is 2.38. The van der Waals surface area contributed by atoms with Gasteiger partial charge in [-0.05, 0) is 31.0 Å². The summed E-state index contributed by atoms with van der Waals surface area (Å²) in [5, 5.41) is 0. The van der Waals surface area contributed by atoms with Crippen LogP contribution in [0.3, 0.4) is 0 Å². The van der Waals surface area contributed by atoms with Crippen molar-refractivity contribution in [3.05, 3.63) is 47.9 Å². The molecular weight excluding hydrogens is 442 g/mol. The standard InChI is InChI=1S/C23H29N5O4S/c1-26(2)23(29)17-4-3-5-20(10-17)33(30,31)28-9-8-27-15-19(11-18(27)14-28)32-22-13-24-21(12-25-22)16-6-7-16/h3-5,10,12-13,16,18-19H,6-9,11,14-15H2,1-2H3/t18-,19+/m0/s1. The summed E-state index contributed by atoms with van der Waals surface area (Å²) >= 11 is 0. The third-order valence-electron chi connectivity index (χ3n) is 6.60. The summed E-state index contributed by atoms with van der Waals surface area (Å²) in [6.07, 6.45) is 6.56. The van der Waals surface area contributed by atoms with E-state index in [1.54, 1.807) is 44.7 Å². The van der Waals surface area contributed by atoms with Gasteiger partial charge in [-0.3, -0.25) is 14.7 Å². The molecular formula is C23H29N5O4S. The molecule has 2 aromatic rings. The molecule has 2 atom stereocenters. The lowest BCUT2D eigenvalue weighted by molar-refractivity contribution is 0.0827. The second-order valence-corrected chi connectivity index (χ2v) is 11.2. The number of piperazine rings is 1. The van der Waals surface area contributed by atoms with Crippen LogP contribution >= 0.6 is 0 Å². The summed E-state index contributed by atoms with van der Waals surface area (Å²) in [5.41, 5.74) is 1.39. The van der Waals surface area contributed by atoms with E-state index in [2.05, 4.69) is 14.9 Å². The molecule has 2 saturated heterocycles. The van der Waals surface area contributed by atoms with Crippen LogP contribution in [-0.2, 0) is 10.0 Å². The lowest BCUT2D eigenvalue weighted by Gasteiger charge is -2.36. The van der Waals surface area contributed by atoms with E-state index >= 15 is 0 Å². The van der Waals surface area contributed by atoms with E-state index in [1.165, 1.54) is 28.1 Å². The van der Waals surface area contributed by atoms with Gasteiger partial charge in [0.15, 0.2) is 0 Å². The molecule has 0 N–H and O–H groups in total. The average molecular weight is 472 g/mol. The molecule has 1 saturated carbocycles. The smallest absolute Gasteiger partial charge is 0.253 e. The fourth-order valence-corrected chi connectivity index (χ4v) is 6.13. The maximum Gasteiger partial charge on any atom is 0.253 e. The minimum Gasteiger partial charge on any atom is -0.472 e. The molecule has 9 nitrogen and oxygen atoms in total. The zero-order valence-corrected chi connectivity index (χ0v) is 19.7. The normalized spacial score (nSPS) is 23.8. The van der Waals surface area contributed by atoms with E-state index in [9.17, 15) is 13.2 Å². The number of sulfonamides is 1. The Morgan fingerprint density at radius 1 is 1.12 bits per heavy atom. The number of hydrogen-bond donors (Lipinski definition) is 0. The van der Waals surface area contributed by atoms with Crippen LogP contribution in [0.4, 0.5) is 0 Å². The summed E-state index contributed by atoms with van der Waals surface area (Å²) < 4.78 is 34.2. The molecule has 0 bridgehead atoms. The number of aromatic nitrogens is 2. The van der Waals surface area contributed by atoms with Crippen LogP contribution in [0.5, 0.6) is 5.88 Å². The van der Waals surface area contributed by atoms with Crippen molar-refractivity contribution >= 4 is 15.9 Å². The summed E-state index contributed by atoms with van der Waals surface area (Å²) in [5.74, 6) is 0.860. The quantitative estimate of drug-likeness (QED) is 0.631. The minimum atomic E-state index is -3.69. The van der Waals surface area contributed by atoms with Gasteiger partial charge in [0.05, 0.1) is 23.0 Å². The number of amides is 1. The summed E-state index contributed by atoms with van der Waals surface area (Å²) in [6, 6.07) is 6.37. The number of nitrogens with zero attached hydrogens (tertiary/aromatic N) is 5. The predicted molar refractivity (Wildman–Crippen MR) is 122 cm³/mol. The molecule has 1 aliphatic carbocycles. The molecule has 33 heavy (non-hydrogen) atoms. The van der Waals surface area contributed by atoms with Crippen molar-refractivity contribution in [2.45, 2.75) is 42.2 Å². The first-order chi connectivity index (χ1) is 15.8. The van der Waals surface area contributed by atoms with Gasteiger partial charge in [0, 0.05) is 64.2 Å². The Kier molecular flexibility index (Phi) is 5.84. The molecule has 2 aliphatic heterocycles. The number of hydrogen-bond acceptors (Lipinski definition) is 7. The molecule has 5 rings (SSSR count). The van der Waals surface area contributed by atoms with Crippen molar-refractivity contribution in [2.75, 3.05) is 40.3 Å². The summed E-state index contributed by atoms with van der Waals surface area (Å²) in [7, 11) is -0.399. The highest BCUT2D eigenvalue weighted by Gasteiger charge is 2.41. The molecule has 3 aliphatic rings. The maximum absolute atomic E-state index is 13.3. The number of ether oxygens (including phenoxy) is 1. The van der Waals surface area contributed by atoms with Crippen molar-refractivity contribution in [3.8, 4) is 5.88 Å². The van der Waals surface area contributed by atoms with Gasteiger partial charge < -0.3 is 9.64 Å². The molecule has 0 unspecified atom stereocenters. The van der Waals surface area contributed by atoms with E-state index < -0.39 is 10.0 Å². The van der Waals surface area contributed by atoms with Crippen LogP contribution in [0, 0.1) is 0 Å². The number of rotatable bonds is 6. The van der Waals surface area contributed by atoms with Crippen LogP contribution in [-0.4, -0.2) is 90.8 Å². The highest BCUT2D eigenvalue weighted by molar-refractivity contribution is 7.89. The van der Waals surface area contributed by atoms with Gasteiger partial charge >= 0.3 is 0 Å². The zero-order valence-electron chi connectivity index (χ0n) is 18.9. The number of benzene rings is 1. The van der Waals surface area contributed by atoms with Gasteiger partial charge in [0.25, 0.3) is 5.91 Å². The molecule has 176 valence electrons. The van der Waals surface area contributed by atoms with Gasteiger partial charge in [-0.2, -0.15) is 4.31 Å². The van der Waals surface area contributed by atoms with Crippen LogP contribution in [0.2, 0.25) is 0 Å². The maximum atomic E-state index is 13.3. The number of carbonyl (C=O) groups excluding carboxylic acids is 1. The first-order valence-corrected chi connectivity index (χ1v) is 12.8. The predicted octanol–water partition coefficient (Wildman–Crippen LogP) is 1.58. The van der Waals surface area contributed by atoms with E-state index in [0.717, 1.165) is 18.7 Å². The van der Waals surface area contributed by atoms with Crippen molar-refractivity contribution in [1.82, 2.24) is 24.1 Å². The molecule has 1 aromatic heterocycles. The average Bonchev–Trinajstić information content (AvgIpc) is 3.58. The zero-order chi connectivity index (χ0) is 23.2. The molecule has 3 heterocycles. The second kappa shape index (κ2) is 8.66. The van der Waals surface area contributed by atoms with Gasteiger partial charge in [-0.15, -0.1) is 0 Å². The van der Waals surface area contributed by atoms with Crippen LogP contribution in [0.25, 0.3) is 0 Å². The van der Waals surface area contributed by atoms with Crippen molar-refractivity contribution < 1.29 is 17.9 Å². The second-order valence-electron chi connectivity index (χ2n) is 9.27.